The molecule has 2 aromatic rings. The van der Waals surface area contributed by atoms with E-state index >= 15 is 0 Å². The third-order valence-corrected chi connectivity index (χ3v) is 5.34. The Kier molecular flexibility index (Phi) is 4.48. The molecule has 7 nitrogen and oxygen atoms in total. The van der Waals surface area contributed by atoms with Crippen molar-refractivity contribution < 1.29 is 14.5 Å². The molecule has 1 aromatic heterocycles. The quantitative estimate of drug-likeness (QED) is 0.682. The van der Waals surface area contributed by atoms with E-state index in [2.05, 4.69) is 5.32 Å². The van der Waals surface area contributed by atoms with Gasteiger partial charge in [-0.05, 0) is 31.4 Å². The molecule has 126 valence electrons. The topological polar surface area (TPSA) is 92.6 Å². The van der Waals surface area contributed by atoms with Gasteiger partial charge in [-0.3, -0.25) is 19.7 Å². The number of amides is 2. The van der Waals surface area contributed by atoms with Gasteiger partial charge >= 0.3 is 0 Å². The van der Waals surface area contributed by atoms with Crippen LogP contribution in [0.4, 0.5) is 5.69 Å². The van der Waals surface area contributed by atoms with Crippen LogP contribution in [-0.2, 0) is 4.79 Å². The number of likely N-dealkylation sites (tertiary alicyclic amines) is 1. The Labute approximate surface area is 142 Å². The van der Waals surface area contributed by atoms with Gasteiger partial charge in [0.05, 0.1) is 9.80 Å². The first kappa shape index (κ1) is 16.4. The largest absolute Gasteiger partial charge is 0.357 e. The van der Waals surface area contributed by atoms with Crippen LogP contribution in [0.15, 0.2) is 24.3 Å². The van der Waals surface area contributed by atoms with E-state index in [9.17, 15) is 19.7 Å². The number of non-ortho nitro benzene ring substituents is 1. The van der Waals surface area contributed by atoms with E-state index < -0.39 is 11.0 Å². The van der Waals surface area contributed by atoms with Crippen molar-refractivity contribution in [2.24, 2.45) is 0 Å². The van der Waals surface area contributed by atoms with Crippen molar-refractivity contribution in [2.75, 3.05) is 13.6 Å². The third kappa shape index (κ3) is 2.96. The molecule has 0 radical (unpaired) electrons. The highest BCUT2D eigenvalue weighted by Gasteiger charge is 2.32. The zero-order valence-electron chi connectivity index (χ0n) is 13.2. The second-order valence-corrected chi connectivity index (χ2v) is 6.80. The number of benzene rings is 1. The number of thiophene rings is 1. The second kappa shape index (κ2) is 6.56. The van der Waals surface area contributed by atoms with E-state index in [0.29, 0.717) is 23.2 Å². The van der Waals surface area contributed by atoms with Crippen molar-refractivity contribution in [3.05, 3.63) is 39.3 Å². The Morgan fingerprint density at radius 1 is 1.33 bits per heavy atom. The Morgan fingerprint density at radius 3 is 2.83 bits per heavy atom. The lowest BCUT2D eigenvalue weighted by Crippen LogP contribution is -2.51. The molecule has 2 heterocycles. The number of rotatable bonds is 3. The van der Waals surface area contributed by atoms with E-state index in [1.807, 2.05) is 0 Å². The summed E-state index contributed by atoms with van der Waals surface area (Å²) in [6.07, 6.45) is 2.44. The van der Waals surface area contributed by atoms with Gasteiger partial charge in [0.25, 0.3) is 11.6 Å². The number of hydrogen-bond acceptors (Lipinski definition) is 5. The highest BCUT2D eigenvalue weighted by atomic mass is 32.1. The number of piperidine rings is 1. The minimum Gasteiger partial charge on any atom is -0.357 e. The SMILES string of the molecule is CNC(=O)[C@H]1CCCCN1C(=O)c1cc2cc([N+](=O)[O-])ccc2s1. The highest BCUT2D eigenvalue weighted by molar-refractivity contribution is 7.20. The van der Waals surface area contributed by atoms with E-state index in [0.717, 1.165) is 17.5 Å². The van der Waals surface area contributed by atoms with Crippen molar-refractivity contribution in [2.45, 2.75) is 25.3 Å². The summed E-state index contributed by atoms with van der Waals surface area (Å²) in [7, 11) is 1.57. The van der Waals surface area contributed by atoms with Crippen LogP contribution in [-0.4, -0.2) is 41.3 Å². The predicted octanol–water partition coefficient (Wildman–Crippen LogP) is 2.55. The number of nitrogens with zero attached hydrogens (tertiary/aromatic N) is 2. The molecule has 3 rings (SSSR count). The smallest absolute Gasteiger partial charge is 0.270 e. The van der Waals surface area contributed by atoms with Gasteiger partial charge in [0, 0.05) is 35.8 Å². The van der Waals surface area contributed by atoms with Crippen LogP contribution in [0.2, 0.25) is 0 Å². The zero-order chi connectivity index (χ0) is 17.3. The molecule has 0 unspecified atom stereocenters. The zero-order valence-corrected chi connectivity index (χ0v) is 14.0. The summed E-state index contributed by atoms with van der Waals surface area (Å²) in [5.41, 5.74) is 0.000471. The molecule has 24 heavy (non-hydrogen) atoms. The summed E-state index contributed by atoms with van der Waals surface area (Å²) >= 11 is 1.30. The van der Waals surface area contributed by atoms with Crippen LogP contribution in [0, 0.1) is 10.1 Å². The summed E-state index contributed by atoms with van der Waals surface area (Å²) in [5, 5.41) is 14.2. The molecule has 1 aromatic carbocycles. The Morgan fingerprint density at radius 2 is 2.12 bits per heavy atom. The fourth-order valence-electron chi connectivity index (χ4n) is 3.01. The van der Waals surface area contributed by atoms with Crippen LogP contribution in [0.1, 0.15) is 28.9 Å². The monoisotopic (exact) mass is 347 g/mol. The molecule has 1 aliphatic rings. The first-order valence-corrected chi connectivity index (χ1v) is 8.53. The lowest BCUT2D eigenvalue weighted by Gasteiger charge is -2.34. The summed E-state index contributed by atoms with van der Waals surface area (Å²) in [6, 6.07) is 5.78. The van der Waals surface area contributed by atoms with E-state index in [1.54, 1.807) is 24.1 Å². The van der Waals surface area contributed by atoms with Gasteiger partial charge in [0.1, 0.15) is 6.04 Å². The Bertz CT molecular complexity index is 817. The van der Waals surface area contributed by atoms with Crippen LogP contribution in [0.3, 0.4) is 0 Å². The number of nitro benzene ring substituents is 1. The maximum Gasteiger partial charge on any atom is 0.270 e. The lowest BCUT2D eigenvalue weighted by atomic mass is 10.0. The van der Waals surface area contributed by atoms with Gasteiger partial charge in [-0.1, -0.05) is 0 Å². The molecular formula is C16H17N3O4S. The van der Waals surface area contributed by atoms with Crippen LogP contribution < -0.4 is 5.32 Å². The van der Waals surface area contributed by atoms with E-state index in [-0.39, 0.29) is 17.5 Å². The van der Waals surface area contributed by atoms with Crippen LogP contribution in [0.5, 0.6) is 0 Å². The molecule has 0 spiro atoms. The van der Waals surface area contributed by atoms with Gasteiger partial charge in [-0.2, -0.15) is 0 Å². The molecule has 0 bridgehead atoms. The Hall–Kier alpha value is -2.48. The fourth-order valence-corrected chi connectivity index (χ4v) is 4.00. The van der Waals surface area contributed by atoms with Gasteiger partial charge in [-0.25, -0.2) is 0 Å². The van der Waals surface area contributed by atoms with Crippen LogP contribution >= 0.6 is 11.3 Å². The minimum absolute atomic E-state index is 0.000471. The normalized spacial score (nSPS) is 17.7. The van der Waals surface area contributed by atoms with Gasteiger partial charge in [-0.15, -0.1) is 11.3 Å². The first-order valence-electron chi connectivity index (χ1n) is 7.72. The molecule has 2 amide bonds. The number of nitro groups is 1. The fraction of sp³-hybridized carbons (Fsp3) is 0.375. The molecule has 0 saturated carbocycles. The average molecular weight is 347 g/mol. The molecule has 0 aliphatic carbocycles. The van der Waals surface area contributed by atoms with Gasteiger partial charge in [0.15, 0.2) is 0 Å². The average Bonchev–Trinajstić information content (AvgIpc) is 3.03. The molecule has 1 N–H and O–H groups in total. The number of carbonyl (C=O) groups is 2. The molecule has 8 heteroatoms. The molecule has 1 aliphatic heterocycles. The summed E-state index contributed by atoms with van der Waals surface area (Å²) in [4.78, 5) is 37.4. The number of likely N-dealkylation sites (N-methyl/N-ethyl adjacent to an activating group) is 1. The molecule has 1 fully saturated rings. The van der Waals surface area contributed by atoms with E-state index in [4.69, 9.17) is 0 Å². The lowest BCUT2D eigenvalue weighted by molar-refractivity contribution is -0.384. The summed E-state index contributed by atoms with van der Waals surface area (Å²) in [5.74, 6) is -0.341. The minimum atomic E-state index is -0.454. The van der Waals surface area contributed by atoms with Crippen molar-refractivity contribution in [1.82, 2.24) is 10.2 Å². The summed E-state index contributed by atoms with van der Waals surface area (Å²) in [6.45, 7) is 0.547. The second-order valence-electron chi connectivity index (χ2n) is 5.71. The highest BCUT2D eigenvalue weighted by Crippen LogP contribution is 2.31. The van der Waals surface area contributed by atoms with Gasteiger partial charge < -0.3 is 10.2 Å². The number of nitrogens with one attached hydrogen (secondary N) is 1. The molecule has 1 saturated heterocycles. The maximum absolute atomic E-state index is 12.8. The maximum atomic E-state index is 12.8. The number of hydrogen-bond donors (Lipinski definition) is 1. The van der Waals surface area contributed by atoms with E-state index in [1.165, 1.54) is 23.5 Å². The third-order valence-electron chi connectivity index (χ3n) is 4.23. The predicted molar refractivity (Wildman–Crippen MR) is 91.2 cm³/mol. The number of carbonyl (C=O) groups excluding carboxylic acids is 2. The van der Waals surface area contributed by atoms with Gasteiger partial charge in [0.2, 0.25) is 5.91 Å². The van der Waals surface area contributed by atoms with Crippen molar-refractivity contribution in [1.29, 1.82) is 0 Å². The van der Waals surface area contributed by atoms with Crippen LogP contribution in [0.25, 0.3) is 10.1 Å². The number of fused-ring (bicyclic) bond motifs is 1. The molecule has 1 atom stereocenters. The first-order chi connectivity index (χ1) is 11.5. The molecular weight excluding hydrogens is 330 g/mol. The van der Waals surface area contributed by atoms with Crippen molar-refractivity contribution in [3.8, 4) is 0 Å². The van der Waals surface area contributed by atoms with Crippen molar-refractivity contribution in [3.63, 3.8) is 0 Å². The Balaban J connectivity index is 1.92. The standard InChI is InChI=1S/C16H17N3O4S/c1-17-15(20)12-4-2-3-7-18(12)16(21)14-9-10-8-11(19(22)23)5-6-13(10)24-14/h5-6,8-9,12H,2-4,7H2,1H3,(H,17,20)/t12-/m1/s1. The van der Waals surface area contributed by atoms with Crippen molar-refractivity contribution >= 4 is 38.9 Å². The summed E-state index contributed by atoms with van der Waals surface area (Å²) < 4.78 is 0.817.